The third kappa shape index (κ3) is 4.35. The largest absolute Gasteiger partial charge is 0.478 e. The fourth-order valence-electron chi connectivity index (χ4n) is 3.92. The molecule has 1 heterocycles. The van der Waals surface area contributed by atoms with Crippen LogP contribution in [-0.4, -0.2) is 28.6 Å². The lowest BCUT2D eigenvalue weighted by molar-refractivity contribution is 0.0692. The second kappa shape index (κ2) is 8.82. The molecule has 3 aromatic carbocycles. The molecule has 30 heavy (non-hydrogen) atoms. The van der Waals surface area contributed by atoms with Crippen LogP contribution in [-0.2, 0) is 24.2 Å². The maximum Gasteiger partial charge on any atom is 0.410 e. The van der Waals surface area contributed by atoms with Gasteiger partial charge in [-0.05, 0) is 47.2 Å². The number of nitrogens with zero attached hydrogens (tertiary/aromatic N) is 1. The number of carbonyl (C=O) groups excluding carboxylic acids is 1. The first-order valence-electron chi connectivity index (χ1n) is 9.99. The Morgan fingerprint density at radius 3 is 2.27 bits per heavy atom. The SMILES string of the molecule is O=C(O)c1ccc2c(c1)CCN(C(=O)OCc1ccccc1)C2Cc1ccccc1. The van der Waals surface area contributed by atoms with Gasteiger partial charge in [0.15, 0.2) is 0 Å². The van der Waals surface area contributed by atoms with Crippen LogP contribution in [0.4, 0.5) is 4.79 Å². The maximum atomic E-state index is 13.0. The van der Waals surface area contributed by atoms with Crippen molar-refractivity contribution in [3.8, 4) is 0 Å². The standard InChI is InChI=1S/C25H23NO4/c27-24(28)21-11-12-22-20(16-21)13-14-26(23(22)15-18-7-3-1-4-8-18)25(29)30-17-19-9-5-2-6-10-19/h1-12,16,23H,13-15,17H2,(H,27,28). The van der Waals surface area contributed by atoms with Gasteiger partial charge in [0.2, 0.25) is 0 Å². The van der Waals surface area contributed by atoms with Gasteiger partial charge >= 0.3 is 12.1 Å². The van der Waals surface area contributed by atoms with Gasteiger partial charge in [0.1, 0.15) is 6.61 Å². The number of benzene rings is 3. The molecule has 0 radical (unpaired) electrons. The van der Waals surface area contributed by atoms with Gasteiger partial charge < -0.3 is 14.7 Å². The van der Waals surface area contributed by atoms with Crippen LogP contribution in [0.25, 0.3) is 0 Å². The molecule has 0 saturated carbocycles. The van der Waals surface area contributed by atoms with Crippen LogP contribution >= 0.6 is 0 Å². The summed E-state index contributed by atoms with van der Waals surface area (Å²) in [4.78, 5) is 26.1. The van der Waals surface area contributed by atoms with Crippen LogP contribution in [0.1, 0.15) is 38.7 Å². The topological polar surface area (TPSA) is 66.8 Å². The van der Waals surface area contributed by atoms with Crippen LogP contribution in [0.2, 0.25) is 0 Å². The van der Waals surface area contributed by atoms with Gasteiger partial charge in [-0.15, -0.1) is 0 Å². The van der Waals surface area contributed by atoms with Crippen LogP contribution in [0.5, 0.6) is 0 Å². The molecule has 1 amide bonds. The summed E-state index contributed by atoms with van der Waals surface area (Å²) < 4.78 is 5.61. The normalized spacial score (nSPS) is 15.3. The lowest BCUT2D eigenvalue weighted by Crippen LogP contribution is -2.41. The quantitative estimate of drug-likeness (QED) is 0.663. The summed E-state index contributed by atoms with van der Waals surface area (Å²) >= 11 is 0. The monoisotopic (exact) mass is 401 g/mol. The second-order valence-electron chi connectivity index (χ2n) is 7.41. The summed E-state index contributed by atoms with van der Waals surface area (Å²) in [7, 11) is 0. The van der Waals surface area contributed by atoms with Crippen molar-refractivity contribution in [3.05, 3.63) is 107 Å². The molecule has 0 bridgehead atoms. The molecule has 1 N–H and O–H groups in total. The van der Waals surface area contributed by atoms with Crippen LogP contribution < -0.4 is 0 Å². The number of carbonyl (C=O) groups is 2. The van der Waals surface area contributed by atoms with E-state index in [-0.39, 0.29) is 24.3 Å². The Morgan fingerprint density at radius 2 is 1.60 bits per heavy atom. The van der Waals surface area contributed by atoms with E-state index in [0.29, 0.717) is 19.4 Å². The lowest BCUT2D eigenvalue weighted by Gasteiger charge is -2.37. The predicted molar refractivity (Wildman–Crippen MR) is 113 cm³/mol. The number of amides is 1. The molecule has 5 nitrogen and oxygen atoms in total. The Balaban J connectivity index is 1.60. The first-order valence-corrected chi connectivity index (χ1v) is 9.99. The lowest BCUT2D eigenvalue weighted by atomic mass is 9.88. The summed E-state index contributed by atoms with van der Waals surface area (Å²) in [6.07, 6.45) is 0.885. The number of fused-ring (bicyclic) bond motifs is 1. The van der Waals surface area contributed by atoms with Gasteiger partial charge in [0.25, 0.3) is 0 Å². The van der Waals surface area contributed by atoms with Gasteiger partial charge in [-0.3, -0.25) is 0 Å². The molecular formula is C25H23NO4. The van der Waals surface area contributed by atoms with E-state index in [2.05, 4.69) is 0 Å². The van der Waals surface area contributed by atoms with E-state index in [0.717, 1.165) is 22.3 Å². The minimum atomic E-state index is -0.942. The van der Waals surface area contributed by atoms with Gasteiger partial charge in [-0.2, -0.15) is 0 Å². The first-order chi connectivity index (χ1) is 14.6. The van der Waals surface area contributed by atoms with E-state index in [9.17, 15) is 14.7 Å². The number of ether oxygens (including phenoxy) is 1. The molecule has 0 aliphatic carbocycles. The molecule has 152 valence electrons. The summed E-state index contributed by atoms with van der Waals surface area (Å²) in [5, 5.41) is 9.32. The van der Waals surface area contributed by atoms with Crippen molar-refractivity contribution in [3.63, 3.8) is 0 Å². The van der Waals surface area contributed by atoms with E-state index < -0.39 is 5.97 Å². The van der Waals surface area contributed by atoms with Crippen molar-refractivity contribution in [1.29, 1.82) is 0 Å². The first kappa shape index (κ1) is 19.7. The molecule has 1 unspecified atom stereocenters. The van der Waals surface area contributed by atoms with Crippen molar-refractivity contribution < 1.29 is 19.4 Å². The zero-order chi connectivity index (χ0) is 20.9. The fraction of sp³-hybridized carbons (Fsp3) is 0.200. The maximum absolute atomic E-state index is 13.0. The number of carboxylic acid groups (broad SMARTS) is 1. The molecule has 3 aromatic rings. The van der Waals surface area contributed by atoms with Crippen molar-refractivity contribution in [2.24, 2.45) is 0 Å². The van der Waals surface area contributed by atoms with Gasteiger partial charge in [0, 0.05) is 6.54 Å². The Labute approximate surface area is 175 Å². The highest BCUT2D eigenvalue weighted by atomic mass is 16.6. The van der Waals surface area contributed by atoms with E-state index in [4.69, 9.17) is 4.74 Å². The Kier molecular flexibility index (Phi) is 5.80. The minimum Gasteiger partial charge on any atom is -0.478 e. The number of aromatic carboxylic acids is 1. The van der Waals surface area contributed by atoms with Gasteiger partial charge in [0.05, 0.1) is 11.6 Å². The zero-order valence-electron chi connectivity index (χ0n) is 16.5. The van der Waals surface area contributed by atoms with Crippen LogP contribution in [0.15, 0.2) is 78.9 Å². The van der Waals surface area contributed by atoms with Crippen molar-refractivity contribution in [1.82, 2.24) is 4.90 Å². The minimum absolute atomic E-state index is 0.206. The zero-order valence-corrected chi connectivity index (χ0v) is 16.5. The van der Waals surface area contributed by atoms with E-state index >= 15 is 0 Å². The summed E-state index contributed by atoms with van der Waals surface area (Å²) in [6.45, 7) is 0.709. The molecule has 0 saturated heterocycles. The molecule has 4 rings (SSSR count). The Hall–Kier alpha value is -3.60. The van der Waals surface area contributed by atoms with E-state index in [1.807, 2.05) is 66.7 Å². The summed E-state index contributed by atoms with van der Waals surface area (Å²) in [5.41, 5.74) is 4.27. The average Bonchev–Trinajstić information content (AvgIpc) is 2.78. The van der Waals surface area contributed by atoms with Crippen molar-refractivity contribution >= 4 is 12.1 Å². The number of rotatable bonds is 5. The number of carboxylic acids is 1. The highest BCUT2D eigenvalue weighted by Crippen LogP contribution is 2.34. The molecule has 5 heteroatoms. The number of hydrogen-bond donors (Lipinski definition) is 1. The molecule has 0 aromatic heterocycles. The van der Waals surface area contributed by atoms with Crippen molar-refractivity contribution in [2.75, 3.05) is 6.54 Å². The third-order valence-corrected chi connectivity index (χ3v) is 5.46. The Bertz CT molecular complexity index is 1030. The average molecular weight is 401 g/mol. The van der Waals surface area contributed by atoms with Crippen molar-refractivity contribution in [2.45, 2.75) is 25.5 Å². The smallest absolute Gasteiger partial charge is 0.410 e. The number of hydrogen-bond acceptors (Lipinski definition) is 3. The molecule has 1 aliphatic heterocycles. The summed E-state index contributed by atoms with van der Waals surface area (Å²) in [6, 6.07) is 24.6. The molecule has 1 atom stereocenters. The molecular weight excluding hydrogens is 378 g/mol. The molecule has 1 aliphatic rings. The Morgan fingerprint density at radius 1 is 0.933 bits per heavy atom. The second-order valence-corrected chi connectivity index (χ2v) is 7.41. The highest BCUT2D eigenvalue weighted by molar-refractivity contribution is 5.88. The fourth-order valence-corrected chi connectivity index (χ4v) is 3.92. The van der Waals surface area contributed by atoms with Crippen LogP contribution in [0, 0.1) is 0 Å². The third-order valence-electron chi connectivity index (χ3n) is 5.46. The molecule has 0 spiro atoms. The van der Waals surface area contributed by atoms with Gasteiger partial charge in [-0.1, -0.05) is 66.7 Å². The van der Waals surface area contributed by atoms with E-state index in [1.165, 1.54) is 0 Å². The predicted octanol–water partition coefficient (Wildman–Crippen LogP) is 4.86. The summed E-state index contributed by atoms with van der Waals surface area (Å²) in [5.74, 6) is -0.942. The molecule has 0 fully saturated rings. The van der Waals surface area contributed by atoms with E-state index in [1.54, 1.807) is 17.0 Å². The highest BCUT2D eigenvalue weighted by Gasteiger charge is 2.32. The van der Waals surface area contributed by atoms with Crippen LogP contribution in [0.3, 0.4) is 0 Å². The van der Waals surface area contributed by atoms with Gasteiger partial charge in [-0.25, -0.2) is 9.59 Å².